The van der Waals surface area contributed by atoms with Crippen LogP contribution in [0.15, 0.2) is 0 Å². The van der Waals surface area contributed by atoms with Gasteiger partial charge in [-0.3, -0.25) is 4.79 Å². The van der Waals surface area contributed by atoms with Crippen LogP contribution in [0, 0.1) is 35.5 Å². The van der Waals surface area contributed by atoms with Gasteiger partial charge in [0.25, 0.3) is 0 Å². The van der Waals surface area contributed by atoms with Gasteiger partial charge in [0.15, 0.2) is 0 Å². The molecule has 0 aromatic carbocycles. The van der Waals surface area contributed by atoms with Gasteiger partial charge in [-0.05, 0) is 74.5 Å². The lowest BCUT2D eigenvalue weighted by Crippen LogP contribution is -2.46. The van der Waals surface area contributed by atoms with Gasteiger partial charge in [-0.1, -0.05) is 13.3 Å². The van der Waals surface area contributed by atoms with Crippen molar-refractivity contribution in [2.24, 2.45) is 35.5 Å². The van der Waals surface area contributed by atoms with E-state index in [1.807, 2.05) is 0 Å². The van der Waals surface area contributed by atoms with Crippen LogP contribution in [0.5, 0.6) is 0 Å². The Morgan fingerprint density at radius 3 is 2.33 bits per heavy atom. The molecule has 21 heavy (non-hydrogen) atoms. The molecule has 4 fully saturated rings. The average Bonchev–Trinajstić information content (AvgIpc) is 2.94. The molecule has 3 heteroatoms. The quantitative estimate of drug-likeness (QED) is 0.836. The predicted octanol–water partition coefficient (Wildman–Crippen LogP) is 2.73. The highest BCUT2D eigenvalue weighted by Crippen LogP contribution is 2.69. The Hall–Kier alpha value is -0.570. The Balaban J connectivity index is 1.27. The summed E-state index contributed by atoms with van der Waals surface area (Å²) in [5.41, 5.74) is -0.635. The second-order valence-electron chi connectivity index (χ2n) is 8.31. The summed E-state index contributed by atoms with van der Waals surface area (Å²) in [5.74, 6) is 4.42. The van der Waals surface area contributed by atoms with Crippen molar-refractivity contribution in [3.05, 3.63) is 0 Å². The monoisotopic (exact) mass is 291 g/mol. The van der Waals surface area contributed by atoms with Gasteiger partial charge in [-0.15, -0.1) is 0 Å². The van der Waals surface area contributed by atoms with E-state index in [1.54, 1.807) is 0 Å². The van der Waals surface area contributed by atoms with Gasteiger partial charge < -0.3 is 10.4 Å². The Bertz CT molecular complexity index is 411. The molecule has 1 amide bonds. The van der Waals surface area contributed by atoms with Crippen LogP contribution >= 0.6 is 0 Å². The van der Waals surface area contributed by atoms with Crippen molar-refractivity contribution in [2.45, 2.75) is 63.9 Å². The molecule has 0 aliphatic heterocycles. The van der Waals surface area contributed by atoms with Crippen LogP contribution in [0.2, 0.25) is 0 Å². The maximum Gasteiger partial charge on any atom is 0.223 e. The highest BCUT2D eigenvalue weighted by atomic mass is 16.3. The summed E-state index contributed by atoms with van der Waals surface area (Å²) >= 11 is 0. The first-order valence-electron chi connectivity index (χ1n) is 9.11. The fraction of sp³-hybridized carbons (Fsp3) is 0.944. The molecule has 0 aromatic rings. The normalized spacial score (nSPS) is 50.8. The molecule has 0 radical (unpaired) electrons. The van der Waals surface area contributed by atoms with Crippen molar-refractivity contribution in [2.75, 3.05) is 6.54 Å². The molecule has 4 saturated carbocycles. The van der Waals surface area contributed by atoms with E-state index in [9.17, 15) is 9.90 Å². The molecule has 2 bridgehead atoms. The fourth-order valence-electron chi connectivity index (χ4n) is 5.85. The number of carbonyl (C=O) groups excluding carboxylic acids is 1. The second kappa shape index (κ2) is 4.97. The fourth-order valence-corrected chi connectivity index (χ4v) is 5.85. The lowest BCUT2D eigenvalue weighted by atomic mass is 9.78. The summed E-state index contributed by atoms with van der Waals surface area (Å²) in [4.78, 5) is 12.4. The van der Waals surface area contributed by atoms with E-state index in [0.29, 0.717) is 24.3 Å². The van der Waals surface area contributed by atoms with Gasteiger partial charge in [-0.25, -0.2) is 0 Å². The number of nitrogens with one attached hydrogen (secondary N) is 1. The number of hydrogen-bond acceptors (Lipinski definition) is 2. The number of amides is 1. The SMILES string of the molecule is CCC1CCC(O)(CNC(=O)C2C3C4CCC(C4)C23)CC1. The molecule has 4 unspecified atom stereocenters. The zero-order valence-electron chi connectivity index (χ0n) is 13.2. The maximum atomic E-state index is 12.4. The number of hydrogen-bond donors (Lipinski definition) is 2. The number of aliphatic hydroxyl groups is 1. The Morgan fingerprint density at radius 1 is 1.14 bits per heavy atom. The summed E-state index contributed by atoms with van der Waals surface area (Å²) in [6, 6.07) is 0. The number of fused-ring (bicyclic) bond motifs is 5. The van der Waals surface area contributed by atoms with Gasteiger partial charge >= 0.3 is 0 Å². The van der Waals surface area contributed by atoms with E-state index in [-0.39, 0.29) is 5.91 Å². The predicted molar refractivity (Wildman–Crippen MR) is 81.5 cm³/mol. The minimum absolute atomic E-state index is 0.243. The molecule has 118 valence electrons. The summed E-state index contributed by atoms with van der Waals surface area (Å²) < 4.78 is 0. The van der Waals surface area contributed by atoms with Gasteiger partial charge in [0.05, 0.1) is 5.60 Å². The smallest absolute Gasteiger partial charge is 0.223 e. The minimum atomic E-state index is -0.635. The van der Waals surface area contributed by atoms with Gasteiger partial charge in [0.2, 0.25) is 5.91 Å². The lowest BCUT2D eigenvalue weighted by molar-refractivity contribution is -0.125. The number of rotatable bonds is 4. The first-order valence-corrected chi connectivity index (χ1v) is 9.11. The Labute approximate surface area is 127 Å². The van der Waals surface area contributed by atoms with Crippen LogP contribution in [0.4, 0.5) is 0 Å². The summed E-state index contributed by atoms with van der Waals surface area (Å²) in [5, 5.41) is 13.7. The molecule has 4 aliphatic rings. The standard InChI is InChI=1S/C18H29NO2/c1-2-11-5-7-18(21,8-6-11)10-19-17(20)16-14-12-3-4-13(9-12)15(14)16/h11-16,21H,2-10H2,1H3,(H,19,20). The minimum Gasteiger partial charge on any atom is -0.388 e. The van der Waals surface area contributed by atoms with E-state index >= 15 is 0 Å². The molecule has 3 nitrogen and oxygen atoms in total. The van der Waals surface area contributed by atoms with Crippen molar-refractivity contribution in [1.82, 2.24) is 5.32 Å². The van der Waals surface area contributed by atoms with Crippen LogP contribution in [-0.4, -0.2) is 23.2 Å². The molecule has 4 aliphatic carbocycles. The zero-order chi connectivity index (χ0) is 14.6. The van der Waals surface area contributed by atoms with Crippen molar-refractivity contribution in [3.8, 4) is 0 Å². The van der Waals surface area contributed by atoms with Crippen LogP contribution in [-0.2, 0) is 4.79 Å². The second-order valence-corrected chi connectivity index (χ2v) is 8.31. The summed E-state index contributed by atoms with van der Waals surface area (Å²) in [7, 11) is 0. The maximum absolute atomic E-state index is 12.4. The van der Waals surface area contributed by atoms with Gasteiger partial charge in [-0.2, -0.15) is 0 Å². The molecule has 4 rings (SSSR count). The molecule has 0 heterocycles. The molecule has 0 spiro atoms. The van der Waals surface area contributed by atoms with Crippen LogP contribution in [0.1, 0.15) is 58.3 Å². The third-order valence-corrected chi connectivity index (χ3v) is 7.24. The van der Waals surface area contributed by atoms with Crippen molar-refractivity contribution < 1.29 is 9.90 Å². The topological polar surface area (TPSA) is 49.3 Å². The molecule has 0 saturated heterocycles. The van der Waals surface area contributed by atoms with E-state index in [4.69, 9.17) is 0 Å². The third-order valence-electron chi connectivity index (χ3n) is 7.24. The van der Waals surface area contributed by atoms with Gasteiger partial charge in [0, 0.05) is 12.5 Å². The van der Waals surface area contributed by atoms with Crippen LogP contribution < -0.4 is 5.32 Å². The molecule has 0 aromatic heterocycles. The van der Waals surface area contributed by atoms with E-state index in [2.05, 4.69) is 12.2 Å². The molecular formula is C18H29NO2. The lowest BCUT2D eigenvalue weighted by Gasteiger charge is -2.36. The van der Waals surface area contributed by atoms with E-state index in [1.165, 1.54) is 25.7 Å². The average molecular weight is 291 g/mol. The molecule has 2 N–H and O–H groups in total. The van der Waals surface area contributed by atoms with Crippen molar-refractivity contribution in [1.29, 1.82) is 0 Å². The van der Waals surface area contributed by atoms with Crippen molar-refractivity contribution >= 4 is 5.91 Å². The zero-order valence-corrected chi connectivity index (χ0v) is 13.2. The first kappa shape index (κ1) is 14.0. The van der Waals surface area contributed by atoms with E-state index in [0.717, 1.165) is 43.4 Å². The number of carbonyl (C=O) groups is 1. The van der Waals surface area contributed by atoms with E-state index < -0.39 is 5.60 Å². The van der Waals surface area contributed by atoms with Crippen LogP contribution in [0.25, 0.3) is 0 Å². The highest BCUT2D eigenvalue weighted by Gasteiger charge is 2.67. The third kappa shape index (κ3) is 2.32. The Kier molecular flexibility index (Phi) is 3.33. The first-order chi connectivity index (χ1) is 10.1. The molecular weight excluding hydrogens is 262 g/mol. The highest BCUT2D eigenvalue weighted by molar-refractivity contribution is 5.82. The largest absolute Gasteiger partial charge is 0.388 e. The Morgan fingerprint density at radius 2 is 1.76 bits per heavy atom. The molecule has 4 atom stereocenters. The summed E-state index contributed by atoms with van der Waals surface area (Å²) in [6.07, 6.45) is 9.26. The van der Waals surface area contributed by atoms with Crippen LogP contribution in [0.3, 0.4) is 0 Å². The summed E-state index contributed by atoms with van der Waals surface area (Å²) in [6.45, 7) is 2.71. The van der Waals surface area contributed by atoms with Gasteiger partial charge in [0.1, 0.15) is 0 Å². The van der Waals surface area contributed by atoms with Crippen molar-refractivity contribution in [3.63, 3.8) is 0 Å².